The monoisotopic (exact) mass is 350 g/mol. The number of nitrogen functional groups attached to an aromatic ring is 1. The second-order valence-corrected chi connectivity index (χ2v) is 4.78. The number of ether oxygens (including phenoxy) is 1. The Morgan fingerprint density at radius 3 is 2.86 bits per heavy atom. The van der Waals surface area contributed by atoms with Crippen LogP contribution in [0.2, 0.25) is 0 Å². The normalized spacial score (nSPS) is 10.6. The van der Waals surface area contributed by atoms with Gasteiger partial charge in [0.05, 0.1) is 4.47 Å². The third kappa shape index (κ3) is 2.97. The first-order valence-electron chi connectivity index (χ1n) is 5.74. The second kappa shape index (κ2) is 5.44. The molecule has 0 aliphatic heterocycles. The van der Waals surface area contributed by atoms with E-state index in [2.05, 4.69) is 35.9 Å². The summed E-state index contributed by atoms with van der Waals surface area (Å²) < 4.78 is 20.8. The van der Waals surface area contributed by atoms with Crippen LogP contribution >= 0.6 is 15.9 Å². The molecule has 9 heteroatoms. The Morgan fingerprint density at radius 2 is 2.10 bits per heavy atom. The van der Waals surface area contributed by atoms with Crippen LogP contribution in [0.25, 0.3) is 5.95 Å². The topological polar surface area (TPSA) is 91.7 Å². The van der Waals surface area contributed by atoms with Crippen LogP contribution in [0.15, 0.2) is 41.4 Å². The van der Waals surface area contributed by atoms with E-state index < -0.39 is 5.82 Å². The van der Waals surface area contributed by atoms with E-state index in [1.54, 1.807) is 17.0 Å². The number of hydrogen-bond donors (Lipinski definition) is 1. The molecule has 0 unspecified atom stereocenters. The number of halogens is 2. The lowest BCUT2D eigenvalue weighted by Gasteiger charge is -2.08. The predicted octanol–water partition coefficient (Wildman–Crippen LogP) is 2.33. The van der Waals surface area contributed by atoms with Gasteiger partial charge in [-0.25, -0.2) is 9.37 Å². The molecule has 0 atom stereocenters. The fraction of sp³-hybridized carbons (Fsp3) is 0. The number of anilines is 1. The summed E-state index contributed by atoms with van der Waals surface area (Å²) in [5, 5.41) is 0. The van der Waals surface area contributed by atoms with Gasteiger partial charge in [0, 0.05) is 18.5 Å². The Bertz CT molecular complexity index is 779. The van der Waals surface area contributed by atoms with E-state index >= 15 is 0 Å². The molecule has 0 fully saturated rings. The fourth-order valence-electron chi connectivity index (χ4n) is 1.55. The van der Waals surface area contributed by atoms with Gasteiger partial charge in [-0.1, -0.05) is 0 Å². The van der Waals surface area contributed by atoms with Crippen LogP contribution in [0, 0.1) is 5.82 Å². The van der Waals surface area contributed by atoms with Gasteiger partial charge in [0.15, 0.2) is 0 Å². The van der Waals surface area contributed by atoms with Crippen molar-refractivity contribution in [1.29, 1.82) is 0 Å². The lowest BCUT2D eigenvalue weighted by Crippen LogP contribution is -2.06. The van der Waals surface area contributed by atoms with Crippen molar-refractivity contribution in [3.63, 3.8) is 0 Å². The lowest BCUT2D eigenvalue weighted by molar-refractivity contribution is 0.433. The van der Waals surface area contributed by atoms with Crippen molar-refractivity contribution in [3.8, 4) is 17.7 Å². The van der Waals surface area contributed by atoms with Crippen molar-refractivity contribution >= 4 is 21.9 Å². The van der Waals surface area contributed by atoms with Gasteiger partial charge in [0.2, 0.25) is 11.9 Å². The Morgan fingerprint density at radius 1 is 1.24 bits per heavy atom. The van der Waals surface area contributed by atoms with E-state index in [-0.39, 0.29) is 23.7 Å². The predicted molar refractivity (Wildman–Crippen MR) is 75.5 cm³/mol. The average Bonchev–Trinajstić information content (AvgIpc) is 2.96. The number of imidazole rings is 1. The molecule has 2 aromatic heterocycles. The highest BCUT2D eigenvalue weighted by atomic mass is 79.9. The zero-order valence-corrected chi connectivity index (χ0v) is 12.0. The van der Waals surface area contributed by atoms with Gasteiger partial charge in [0.1, 0.15) is 17.9 Å². The molecule has 0 bridgehead atoms. The summed E-state index contributed by atoms with van der Waals surface area (Å²) in [5.74, 6) is 0.0287. The Labute approximate surface area is 126 Å². The van der Waals surface area contributed by atoms with Crippen LogP contribution in [0.4, 0.5) is 10.3 Å². The lowest BCUT2D eigenvalue weighted by atomic mass is 10.3. The molecule has 0 amide bonds. The summed E-state index contributed by atoms with van der Waals surface area (Å²) >= 11 is 3.25. The van der Waals surface area contributed by atoms with Crippen LogP contribution in [0.3, 0.4) is 0 Å². The molecule has 7 nitrogen and oxygen atoms in total. The van der Waals surface area contributed by atoms with Crippen molar-refractivity contribution < 1.29 is 9.13 Å². The maximum atomic E-state index is 13.2. The maximum absolute atomic E-state index is 13.2. The molecule has 0 radical (unpaired) electrons. The van der Waals surface area contributed by atoms with Gasteiger partial charge in [-0.3, -0.25) is 4.57 Å². The molecule has 0 saturated heterocycles. The van der Waals surface area contributed by atoms with Gasteiger partial charge in [-0.05, 0) is 28.1 Å². The zero-order valence-electron chi connectivity index (χ0n) is 10.4. The van der Waals surface area contributed by atoms with Crippen molar-refractivity contribution in [2.24, 2.45) is 0 Å². The summed E-state index contributed by atoms with van der Waals surface area (Å²) in [4.78, 5) is 15.8. The highest BCUT2D eigenvalue weighted by molar-refractivity contribution is 9.10. The van der Waals surface area contributed by atoms with Gasteiger partial charge in [0.25, 0.3) is 0 Å². The van der Waals surface area contributed by atoms with Gasteiger partial charge >= 0.3 is 6.01 Å². The van der Waals surface area contributed by atoms with E-state index in [1.165, 1.54) is 24.5 Å². The molecule has 2 N–H and O–H groups in total. The third-order valence-electron chi connectivity index (χ3n) is 2.45. The number of aromatic nitrogens is 5. The molecule has 0 aliphatic carbocycles. The largest absolute Gasteiger partial charge is 0.423 e. The summed E-state index contributed by atoms with van der Waals surface area (Å²) in [6.07, 6.45) is 4.73. The minimum absolute atomic E-state index is 0.0174. The Balaban J connectivity index is 1.97. The second-order valence-electron chi connectivity index (χ2n) is 3.92. The number of nitrogens with zero attached hydrogens (tertiary/aromatic N) is 5. The molecular formula is C12H8BrFN6O. The molecule has 21 heavy (non-hydrogen) atoms. The maximum Gasteiger partial charge on any atom is 0.328 e. The molecule has 3 aromatic rings. The minimum atomic E-state index is -0.440. The summed E-state index contributed by atoms with van der Waals surface area (Å²) in [6.45, 7) is 0. The first-order chi connectivity index (χ1) is 10.1. The summed E-state index contributed by atoms with van der Waals surface area (Å²) in [7, 11) is 0. The molecule has 3 rings (SSSR count). The molecule has 0 saturated carbocycles. The third-order valence-corrected chi connectivity index (χ3v) is 3.11. The number of benzene rings is 1. The number of hydrogen-bond acceptors (Lipinski definition) is 6. The van der Waals surface area contributed by atoms with E-state index in [4.69, 9.17) is 10.5 Å². The number of rotatable bonds is 3. The Kier molecular flexibility index (Phi) is 3.48. The SMILES string of the molecule is Nc1nc(Oc2cc(F)ccc2Br)nc(-n2ccnc2)n1. The fourth-order valence-corrected chi connectivity index (χ4v) is 1.88. The van der Waals surface area contributed by atoms with E-state index in [9.17, 15) is 4.39 Å². The van der Waals surface area contributed by atoms with Crippen LogP contribution in [-0.4, -0.2) is 24.5 Å². The van der Waals surface area contributed by atoms with Crippen LogP contribution < -0.4 is 10.5 Å². The molecular weight excluding hydrogens is 343 g/mol. The van der Waals surface area contributed by atoms with E-state index in [1.807, 2.05) is 0 Å². The number of nitrogens with two attached hydrogens (primary N) is 1. The molecule has 106 valence electrons. The Hall–Kier alpha value is -2.55. The average molecular weight is 351 g/mol. The van der Waals surface area contributed by atoms with Gasteiger partial charge < -0.3 is 10.5 Å². The molecule has 0 aliphatic rings. The molecule has 1 aromatic carbocycles. The van der Waals surface area contributed by atoms with Crippen LogP contribution in [0.5, 0.6) is 11.8 Å². The highest BCUT2D eigenvalue weighted by Gasteiger charge is 2.10. The van der Waals surface area contributed by atoms with E-state index in [0.29, 0.717) is 4.47 Å². The van der Waals surface area contributed by atoms with Crippen molar-refractivity contribution in [3.05, 3.63) is 47.2 Å². The standard InChI is InChI=1S/C12H8BrFN6O/c13-8-2-1-7(14)5-9(8)21-12-18-10(15)17-11(19-12)20-4-3-16-6-20/h1-6H,(H2,15,17,18,19). The van der Waals surface area contributed by atoms with Crippen molar-refractivity contribution in [2.45, 2.75) is 0 Å². The smallest absolute Gasteiger partial charge is 0.328 e. The van der Waals surface area contributed by atoms with E-state index in [0.717, 1.165) is 0 Å². The first-order valence-corrected chi connectivity index (χ1v) is 6.54. The zero-order chi connectivity index (χ0) is 14.8. The van der Waals surface area contributed by atoms with Gasteiger partial charge in [-0.15, -0.1) is 0 Å². The van der Waals surface area contributed by atoms with Gasteiger partial charge in [-0.2, -0.15) is 15.0 Å². The van der Waals surface area contributed by atoms with Crippen molar-refractivity contribution in [2.75, 3.05) is 5.73 Å². The quantitative estimate of drug-likeness (QED) is 0.779. The van der Waals surface area contributed by atoms with Crippen LogP contribution in [0.1, 0.15) is 0 Å². The summed E-state index contributed by atoms with van der Waals surface area (Å²) in [6, 6.07) is 3.99. The molecule has 0 spiro atoms. The highest BCUT2D eigenvalue weighted by Crippen LogP contribution is 2.29. The van der Waals surface area contributed by atoms with Crippen LogP contribution in [-0.2, 0) is 0 Å². The molecule has 2 heterocycles. The first kappa shape index (κ1) is 13.4. The van der Waals surface area contributed by atoms with Crippen molar-refractivity contribution in [1.82, 2.24) is 24.5 Å². The minimum Gasteiger partial charge on any atom is -0.423 e. The summed E-state index contributed by atoms with van der Waals surface area (Å²) in [5.41, 5.74) is 5.63.